The summed E-state index contributed by atoms with van der Waals surface area (Å²) in [6.45, 7) is 0.261. The van der Waals surface area contributed by atoms with Crippen LogP contribution in [0.4, 0.5) is 0 Å². The first-order valence-electron chi connectivity index (χ1n) is 5.44. The summed E-state index contributed by atoms with van der Waals surface area (Å²) in [5.74, 6) is 0.864. The summed E-state index contributed by atoms with van der Waals surface area (Å²) in [4.78, 5) is 17.8. The van der Waals surface area contributed by atoms with Crippen molar-refractivity contribution in [3.8, 4) is 0 Å². The SMILES string of the molecule is BC1CC2OCC(/C=C/P(=O)(O)O)(O1)C2OC. The van der Waals surface area contributed by atoms with Crippen molar-refractivity contribution in [2.24, 2.45) is 0 Å². The molecule has 96 valence electrons. The van der Waals surface area contributed by atoms with Crippen LogP contribution in [0.3, 0.4) is 0 Å². The monoisotopic (exact) mass is 262 g/mol. The number of rotatable bonds is 3. The molecule has 2 aliphatic heterocycles. The van der Waals surface area contributed by atoms with E-state index in [1.807, 2.05) is 7.85 Å². The number of ether oxygens (including phenoxy) is 3. The van der Waals surface area contributed by atoms with Gasteiger partial charge in [-0.1, -0.05) is 0 Å². The lowest BCUT2D eigenvalue weighted by Crippen LogP contribution is -2.53. The molecule has 0 aromatic heterocycles. The lowest BCUT2D eigenvalue weighted by Gasteiger charge is -2.39. The van der Waals surface area contributed by atoms with Gasteiger partial charge in [-0.05, 0) is 12.5 Å². The summed E-state index contributed by atoms with van der Waals surface area (Å²) < 4.78 is 27.6. The molecule has 2 bridgehead atoms. The van der Waals surface area contributed by atoms with E-state index < -0.39 is 13.2 Å². The molecule has 0 aliphatic carbocycles. The molecule has 6 nitrogen and oxygen atoms in total. The first-order valence-corrected chi connectivity index (χ1v) is 7.12. The van der Waals surface area contributed by atoms with E-state index in [4.69, 9.17) is 24.0 Å². The summed E-state index contributed by atoms with van der Waals surface area (Å²) in [5.41, 5.74) is -0.877. The van der Waals surface area contributed by atoms with E-state index >= 15 is 0 Å². The summed E-state index contributed by atoms with van der Waals surface area (Å²) in [6, 6.07) is -0.0182. The molecule has 0 aromatic carbocycles. The van der Waals surface area contributed by atoms with Crippen LogP contribution in [-0.2, 0) is 18.8 Å². The molecule has 2 N–H and O–H groups in total. The predicted molar refractivity (Wildman–Crippen MR) is 62.5 cm³/mol. The van der Waals surface area contributed by atoms with E-state index in [1.54, 1.807) is 7.11 Å². The molecule has 2 saturated heterocycles. The first-order chi connectivity index (χ1) is 7.86. The quantitative estimate of drug-likeness (QED) is 0.512. The van der Waals surface area contributed by atoms with Crippen molar-refractivity contribution in [3.05, 3.63) is 11.9 Å². The average Bonchev–Trinajstić information content (AvgIpc) is 2.44. The maximum atomic E-state index is 10.9. The Morgan fingerprint density at radius 1 is 1.59 bits per heavy atom. The Morgan fingerprint density at radius 2 is 2.29 bits per heavy atom. The topological polar surface area (TPSA) is 85.2 Å². The van der Waals surface area contributed by atoms with E-state index in [9.17, 15) is 4.57 Å². The Kier molecular flexibility index (Phi) is 3.51. The van der Waals surface area contributed by atoms with Gasteiger partial charge in [-0.15, -0.1) is 0 Å². The molecule has 2 aliphatic rings. The third-order valence-electron chi connectivity index (χ3n) is 3.13. The van der Waals surface area contributed by atoms with Gasteiger partial charge in [0.25, 0.3) is 0 Å². The van der Waals surface area contributed by atoms with E-state index in [0.29, 0.717) is 0 Å². The van der Waals surface area contributed by atoms with Crippen LogP contribution in [0.1, 0.15) is 6.42 Å². The van der Waals surface area contributed by atoms with Crippen LogP contribution in [0.5, 0.6) is 0 Å². The van der Waals surface area contributed by atoms with Crippen LogP contribution in [0, 0.1) is 0 Å². The van der Waals surface area contributed by atoms with Crippen molar-refractivity contribution in [2.45, 2.75) is 30.2 Å². The Bertz CT molecular complexity index is 368. The van der Waals surface area contributed by atoms with Crippen LogP contribution in [-0.4, -0.2) is 55.2 Å². The van der Waals surface area contributed by atoms with E-state index in [0.717, 1.165) is 12.2 Å². The predicted octanol–water partition coefficient (Wildman–Crippen LogP) is -0.790. The molecule has 0 amide bonds. The Morgan fingerprint density at radius 3 is 2.88 bits per heavy atom. The third-order valence-corrected chi connectivity index (χ3v) is 3.67. The second kappa shape index (κ2) is 4.50. The Hall–Kier alpha value is -0.165. The highest BCUT2D eigenvalue weighted by Crippen LogP contribution is 2.43. The maximum Gasteiger partial charge on any atom is 0.348 e. The molecule has 2 fully saturated rings. The minimum Gasteiger partial charge on any atom is -0.375 e. The first kappa shape index (κ1) is 13.3. The van der Waals surface area contributed by atoms with Gasteiger partial charge in [-0.25, -0.2) is 0 Å². The second-order valence-electron chi connectivity index (χ2n) is 4.53. The average molecular weight is 262 g/mol. The van der Waals surface area contributed by atoms with Crippen LogP contribution in [0.15, 0.2) is 11.9 Å². The molecular weight excluding hydrogens is 246 g/mol. The van der Waals surface area contributed by atoms with Crippen molar-refractivity contribution < 1.29 is 28.6 Å². The molecule has 2 rings (SSSR count). The molecule has 0 radical (unpaired) electrons. The Balaban J connectivity index is 2.26. The lowest BCUT2D eigenvalue weighted by molar-refractivity contribution is -0.131. The standard InChI is InChI=1S/C9H16BO6P/c1-14-8-6-4-7(10)16-9(8,5-15-6)2-3-17(11,12)13/h2-3,6-8H,4-5,10H2,1H3,(H2,11,12,13)/b3-2+. The second-order valence-corrected chi connectivity index (χ2v) is 6.01. The smallest absolute Gasteiger partial charge is 0.348 e. The van der Waals surface area contributed by atoms with E-state index in [1.165, 1.54) is 6.08 Å². The molecular formula is C9H16BO6P. The minimum absolute atomic E-state index is 0.0182. The number of fused-ring (bicyclic) bond motifs is 2. The minimum atomic E-state index is -4.20. The Labute approximate surface area is 101 Å². The van der Waals surface area contributed by atoms with Gasteiger partial charge >= 0.3 is 7.60 Å². The van der Waals surface area contributed by atoms with Crippen molar-refractivity contribution in [2.75, 3.05) is 13.7 Å². The number of hydrogen-bond donors (Lipinski definition) is 2. The molecule has 0 saturated carbocycles. The molecule has 0 aromatic rings. The van der Waals surface area contributed by atoms with Crippen molar-refractivity contribution in [1.82, 2.24) is 0 Å². The maximum absolute atomic E-state index is 10.9. The summed E-state index contributed by atoms with van der Waals surface area (Å²) in [5, 5.41) is 0. The molecule has 8 heteroatoms. The van der Waals surface area contributed by atoms with Crippen molar-refractivity contribution in [1.29, 1.82) is 0 Å². The number of hydrogen-bond acceptors (Lipinski definition) is 4. The van der Waals surface area contributed by atoms with Gasteiger partial charge in [0.1, 0.15) is 19.6 Å². The lowest BCUT2D eigenvalue weighted by atomic mass is 9.83. The van der Waals surface area contributed by atoms with Crippen LogP contribution < -0.4 is 0 Å². The van der Waals surface area contributed by atoms with Gasteiger partial charge in [0.2, 0.25) is 0 Å². The summed E-state index contributed by atoms with van der Waals surface area (Å²) >= 11 is 0. The largest absolute Gasteiger partial charge is 0.375 e. The van der Waals surface area contributed by atoms with Gasteiger partial charge in [0.05, 0.1) is 12.7 Å². The fourth-order valence-corrected chi connectivity index (χ4v) is 2.97. The van der Waals surface area contributed by atoms with Gasteiger partial charge in [-0.2, -0.15) is 0 Å². The molecule has 2 heterocycles. The fourth-order valence-electron chi connectivity index (χ4n) is 2.52. The molecule has 4 atom stereocenters. The molecule has 0 spiro atoms. The zero-order chi connectivity index (χ0) is 12.7. The van der Waals surface area contributed by atoms with Crippen molar-refractivity contribution >= 4 is 15.4 Å². The van der Waals surface area contributed by atoms with Crippen LogP contribution >= 0.6 is 7.60 Å². The van der Waals surface area contributed by atoms with Gasteiger partial charge in [0, 0.05) is 18.9 Å². The van der Waals surface area contributed by atoms with E-state index in [-0.39, 0.29) is 24.8 Å². The highest BCUT2D eigenvalue weighted by molar-refractivity contribution is 7.55. The zero-order valence-corrected chi connectivity index (χ0v) is 10.7. The summed E-state index contributed by atoms with van der Waals surface area (Å²) in [6.07, 6.45) is 1.72. The van der Waals surface area contributed by atoms with Gasteiger partial charge < -0.3 is 24.0 Å². The fraction of sp³-hybridized carbons (Fsp3) is 0.778. The third kappa shape index (κ3) is 2.65. The number of methoxy groups -OCH3 is 1. The highest BCUT2D eigenvalue weighted by Gasteiger charge is 2.54. The van der Waals surface area contributed by atoms with Crippen LogP contribution in [0.25, 0.3) is 0 Å². The normalized spacial score (nSPS) is 42.2. The van der Waals surface area contributed by atoms with Gasteiger partial charge in [-0.3, -0.25) is 4.57 Å². The zero-order valence-electron chi connectivity index (χ0n) is 9.78. The molecule has 17 heavy (non-hydrogen) atoms. The molecule has 4 unspecified atom stereocenters. The van der Waals surface area contributed by atoms with Crippen LogP contribution in [0.2, 0.25) is 0 Å². The van der Waals surface area contributed by atoms with Crippen molar-refractivity contribution in [3.63, 3.8) is 0 Å². The highest BCUT2D eigenvalue weighted by atomic mass is 31.2. The van der Waals surface area contributed by atoms with Gasteiger partial charge in [0.15, 0.2) is 0 Å². The van der Waals surface area contributed by atoms with E-state index in [2.05, 4.69) is 0 Å². The summed E-state index contributed by atoms with van der Waals surface area (Å²) in [7, 11) is -0.740.